The van der Waals surface area contributed by atoms with E-state index in [-0.39, 0.29) is 26.3 Å². The van der Waals surface area contributed by atoms with Crippen molar-refractivity contribution >= 4 is 29.5 Å². The second kappa shape index (κ2) is 16.1. The minimum atomic E-state index is -1.16. The van der Waals surface area contributed by atoms with Crippen molar-refractivity contribution in [1.29, 1.82) is 0 Å². The van der Waals surface area contributed by atoms with Gasteiger partial charge in [-0.05, 0) is 12.0 Å². The van der Waals surface area contributed by atoms with E-state index in [0.29, 0.717) is 30.0 Å². The maximum absolute atomic E-state index is 12.4. The average Bonchev–Trinajstić information content (AvgIpc) is 3.37. The summed E-state index contributed by atoms with van der Waals surface area (Å²) in [5.74, 6) is -0.865. The van der Waals surface area contributed by atoms with Crippen LogP contribution in [0.15, 0.2) is 34.4 Å². The van der Waals surface area contributed by atoms with Crippen LogP contribution in [0.25, 0.3) is 0 Å². The Morgan fingerprint density at radius 2 is 1.97 bits per heavy atom. The molecule has 14 nitrogen and oxygen atoms in total. The zero-order valence-corrected chi connectivity index (χ0v) is 21.1. The van der Waals surface area contributed by atoms with E-state index < -0.39 is 30.1 Å². The molecule has 1 heterocycles. The number of benzene rings is 1. The third kappa shape index (κ3) is 10.4. The fourth-order valence-corrected chi connectivity index (χ4v) is 3.08. The van der Waals surface area contributed by atoms with Gasteiger partial charge < -0.3 is 25.9 Å². The fraction of sp³-hybridized carbons (Fsp3) is 0.522. The first kappa shape index (κ1) is 29.5. The number of aliphatic imine (C=N–C) groups is 1. The van der Waals surface area contributed by atoms with Crippen molar-refractivity contribution in [3.63, 3.8) is 0 Å². The summed E-state index contributed by atoms with van der Waals surface area (Å²) in [6.07, 6.45) is 0.495. The number of amidine groups is 1. The molecule has 2 rings (SSSR count). The normalized spacial score (nSPS) is 15.8. The molecule has 1 aliphatic heterocycles. The van der Waals surface area contributed by atoms with Crippen LogP contribution in [0.2, 0.25) is 0 Å². The molecule has 2 amide bonds. The minimum Gasteiger partial charge on any atom is -0.467 e. The van der Waals surface area contributed by atoms with Gasteiger partial charge in [-0.25, -0.2) is 24.4 Å². The monoisotopic (exact) mass is 523 g/mol. The number of oxime groups is 1. The van der Waals surface area contributed by atoms with Gasteiger partial charge in [-0.1, -0.05) is 42.8 Å². The van der Waals surface area contributed by atoms with Crippen molar-refractivity contribution in [3.05, 3.63) is 35.4 Å². The van der Waals surface area contributed by atoms with Crippen molar-refractivity contribution in [3.8, 4) is 0 Å². The molecule has 1 aliphatic rings. The molecule has 1 aromatic carbocycles. The van der Waals surface area contributed by atoms with E-state index in [1.165, 1.54) is 7.11 Å². The number of nitrogens with two attached hydrogens (primary N) is 1. The number of nitrogens with zero attached hydrogens (tertiary/aromatic N) is 2. The standard InChI is InChI=1S/C23H33N5O9/c1-4-5-10-34-37-23(31)27-19(22(30)32-2)13-25-20(29)12-17-11-18(28-36-17)15-6-8-16(9-7-15)21(24)26-14-35-33-3/h6-9,17,19H,4-5,10-14H2,1-3H3,(H2,24,26)(H,25,29)(H,27,31). The number of carbonyl (C=O) groups is 3. The highest BCUT2D eigenvalue weighted by Crippen LogP contribution is 2.19. The van der Waals surface area contributed by atoms with Gasteiger partial charge in [0.15, 0.2) is 6.73 Å². The summed E-state index contributed by atoms with van der Waals surface area (Å²) in [6, 6.07) is 6.03. The number of unbranched alkanes of at least 4 members (excludes halogenated alkanes) is 1. The van der Waals surface area contributed by atoms with Crippen molar-refractivity contribution in [1.82, 2.24) is 10.6 Å². The maximum Gasteiger partial charge on any atom is 0.439 e. The maximum atomic E-state index is 12.4. The van der Waals surface area contributed by atoms with E-state index in [2.05, 4.69) is 40.2 Å². The Hall–Kier alpha value is -3.75. The molecule has 0 bridgehead atoms. The van der Waals surface area contributed by atoms with Crippen LogP contribution < -0.4 is 16.4 Å². The van der Waals surface area contributed by atoms with Gasteiger partial charge in [0.25, 0.3) is 0 Å². The molecule has 0 saturated carbocycles. The van der Waals surface area contributed by atoms with Crippen LogP contribution >= 0.6 is 0 Å². The topological polar surface area (TPSA) is 181 Å². The summed E-state index contributed by atoms with van der Waals surface area (Å²) in [6.45, 7) is 1.94. The highest BCUT2D eigenvalue weighted by Gasteiger charge is 2.27. The lowest BCUT2D eigenvalue weighted by Gasteiger charge is -2.17. The molecule has 14 heteroatoms. The van der Waals surface area contributed by atoms with Crippen LogP contribution in [0.4, 0.5) is 4.79 Å². The molecule has 2 atom stereocenters. The fourth-order valence-electron chi connectivity index (χ4n) is 3.08. The van der Waals surface area contributed by atoms with Crippen LogP contribution in [0.3, 0.4) is 0 Å². The molecule has 2 unspecified atom stereocenters. The Balaban J connectivity index is 1.80. The highest BCUT2D eigenvalue weighted by atomic mass is 17.2. The van der Waals surface area contributed by atoms with E-state index >= 15 is 0 Å². The van der Waals surface area contributed by atoms with E-state index in [1.54, 1.807) is 12.1 Å². The lowest BCUT2D eigenvalue weighted by atomic mass is 10.0. The molecule has 1 aromatic rings. The molecule has 4 N–H and O–H groups in total. The van der Waals surface area contributed by atoms with E-state index in [9.17, 15) is 14.4 Å². The van der Waals surface area contributed by atoms with E-state index in [4.69, 9.17) is 15.5 Å². The predicted molar refractivity (Wildman–Crippen MR) is 130 cm³/mol. The Bertz CT molecular complexity index is 952. The summed E-state index contributed by atoms with van der Waals surface area (Å²) in [7, 11) is 2.54. The number of methoxy groups -OCH3 is 1. The van der Waals surface area contributed by atoms with Gasteiger partial charge in [-0.3, -0.25) is 9.68 Å². The van der Waals surface area contributed by atoms with Gasteiger partial charge in [0.2, 0.25) is 5.91 Å². The lowest BCUT2D eigenvalue weighted by Crippen LogP contribution is -2.49. The second-order valence-corrected chi connectivity index (χ2v) is 7.78. The first-order valence-electron chi connectivity index (χ1n) is 11.6. The zero-order chi connectivity index (χ0) is 27.0. The predicted octanol–water partition coefficient (Wildman–Crippen LogP) is 0.926. The van der Waals surface area contributed by atoms with Crippen molar-refractivity contribution in [2.75, 3.05) is 34.1 Å². The summed E-state index contributed by atoms with van der Waals surface area (Å²) >= 11 is 0. The smallest absolute Gasteiger partial charge is 0.439 e. The van der Waals surface area contributed by atoms with Crippen molar-refractivity contribution in [2.45, 2.75) is 44.8 Å². The van der Waals surface area contributed by atoms with Crippen molar-refractivity contribution in [2.24, 2.45) is 15.9 Å². The Morgan fingerprint density at radius 3 is 2.65 bits per heavy atom. The van der Waals surface area contributed by atoms with E-state index in [1.807, 2.05) is 19.1 Å². The molecular weight excluding hydrogens is 490 g/mol. The molecule has 0 radical (unpaired) electrons. The Morgan fingerprint density at radius 1 is 1.22 bits per heavy atom. The summed E-state index contributed by atoms with van der Waals surface area (Å²) < 4.78 is 4.66. The number of nitrogens with one attached hydrogen (secondary N) is 2. The molecule has 0 spiro atoms. The van der Waals surface area contributed by atoms with Crippen LogP contribution in [0.5, 0.6) is 0 Å². The first-order valence-corrected chi connectivity index (χ1v) is 11.6. The largest absolute Gasteiger partial charge is 0.467 e. The Labute approximate surface area is 214 Å². The third-order valence-corrected chi connectivity index (χ3v) is 5.06. The van der Waals surface area contributed by atoms with Gasteiger partial charge in [-0.2, -0.15) is 4.89 Å². The second-order valence-electron chi connectivity index (χ2n) is 7.78. The number of carbonyl (C=O) groups excluding carboxylic acids is 3. The number of hydrogen-bond acceptors (Lipinski definition) is 11. The first-order chi connectivity index (χ1) is 17.9. The number of esters is 1. The number of amides is 2. The van der Waals surface area contributed by atoms with Crippen LogP contribution in [-0.2, 0) is 38.7 Å². The number of rotatable bonds is 15. The van der Waals surface area contributed by atoms with Gasteiger partial charge in [0.1, 0.15) is 18.0 Å². The Kier molecular flexibility index (Phi) is 12.8. The lowest BCUT2D eigenvalue weighted by molar-refractivity contribution is -0.270. The molecule has 204 valence electrons. The van der Waals surface area contributed by atoms with Crippen LogP contribution in [0, 0.1) is 0 Å². The SMILES string of the molecule is CCCCOOC(=O)NC(CNC(=O)CC1CC(c2ccc(/C(N)=N\COOC)cc2)=NO1)C(=O)OC. The summed E-state index contributed by atoms with van der Waals surface area (Å²) in [4.78, 5) is 64.0. The van der Waals surface area contributed by atoms with Gasteiger partial charge >= 0.3 is 12.1 Å². The third-order valence-electron chi connectivity index (χ3n) is 5.06. The van der Waals surface area contributed by atoms with Crippen LogP contribution in [-0.4, -0.2) is 75.8 Å². The van der Waals surface area contributed by atoms with Gasteiger partial charge in [0.05, 0.1) is 33.0 Å². The van der Waals surface area contributed by atoms with E-state index in [0.717, 1.165) is 19.1 Å². The molecule has 0 aliphatic carbocycles. The summed E-state index contributed by atoms with van der Waals surface area (Å²) in [5, 5.41) is 8.93. The average molecular weight is 524 g/mol. The van der Waals surface area contributed by atoms with Crippen molar-refractivity contribution < 1.29 is 43.5 Å². The molecule has 0 aromatic heterocycles. The van der Waals surface area contributed by atoms with Crippen LogP contribution in [0.1, 0.15) is 43.7 Å². The van der Waals surface area contributed by atoms with Gasteiger partial charge in [-0.15, -0.1) is 0 Å². The number of hydrogen-bond donors (Lipinski definition) is 3. The number of ether oxygens (including phenoxy) is 1. The molecular formula is C23H33N5O9. The quantitative estimate of drug-likeness (QED) is 0.0747. The molecule has 0 saturated heterocycles. The molecule has 0 fully saturated rings. The highest BCUT2D eigenvalue weighted by molar-refractivity contribution is 6.03. The minimum absolute atomic E-state index is 0.0113. The summed E-state index contributed by atoms with van der Waals surface area (Å²) in [5.41, 5.74) is 8.08. The zero-order valence-electron chi connectivity index (χ0n) is 21.1. The van der Waals surface area contributed by atoms with Gasteiger partial charge in [0, 0.05) is 18.5 Å². The molecule has 37 heavy (non-hydrogen) atoms.